The summed E-state index contributed by atoms with van der Waals surface area (Å²) in [6.07, 6.45) is 4.24. The molecule has 20 heavy (non-hydrogen) atoms. The normalized spacial score (nSPS) is 10.0. The molecule has 5 nitrogen and oxygen atoms in total. The summed E-state index contributed by atoms with van der Waals surface area (Å²) >= 11 is 0. The van der Waals surface area contributed by atoms with E-state index < -0.39 is 0 Å². The standard InChI is InChI=1S/C15H17N3O2/c16-13-2-1-3-14(10-13)20-11-15(19)18-9-6-12-4-7-17-8-5-12/h1-5,7-8,10H,6,9,11,16H2,(H,18,19). The van der Waals surface area contributed by atoms with Crippen LogP contribution in [0.1, 0.15) is 5.56 Å². The van der Waals surface area contributed by atoms with Crippen LogP contribution in [0.25, 0.3) is 0 Å². The van der Waals surface area contributed by atoms with Gasteiger partial charge in [0.25, 0.3) is 5.91 Å². The molecule has 0 radical (unpaired) electrons. The van der Waals surface area contributed by atoms with Crippen molar-refractivity contribution in [2.24, 2.45) is 0 Å². The molecule has 1 aromatic heterocycles. The van der Waals surface area contributed by atoms with Crippen LogP contribution in [0.15, 0.2) is 48.8 Å². The zero-order valence-electron chi connectivity index (χ0n) is 11.1. The molecule has 0 aliphatic rings. The van der Waals surface area contributed by atoms with Crippen molar-refractivity contribution in [3.8, 4) is 5.75 Å². The van der Waals surface area contributed by atoms with Crippen LogP contribution in [0.2, 0.25) is 0 Å². The Morgan fingerprint density at radius 3 is 2.80 bits per heavy atom. The lowest BCUT2D eigenvalue weighted by atomic mass is 10.2. The molecule has 2 rings (SSSR count). The van der Waals surface area contributed by atoms with Gasteiger partial charge in [0.15, 0.2) is 6.61 Å². The van der Waals surface area contributed by atoms with E-state index in [9.17, 15) is 4.79 Å². The van der Waals surface area contributed by atoms with E-state index in [1.54, 1.807) is 36.7 Å². The van der Waals surface area contributed by atoms with Gasteiger partial charge in [-0.2, -0.15) is 0 Å². The number of pyridine rings is 1. The monoisotopic (exact) mass is 271 g/mol. The lowest BCUT2D eigenvalue weighted by Crippen LogP contribution is -2.30. The third kappa shape index (κ3) is 4.61. The Kier molecular flexibility index (Phi) is 4.94. The first-order chi connectivity index (χ1) is 9.74. The quantitative estimate of drug-likeness (QED) is 0.779. The number of hydrogen-bond acceptors (Lipinski definition) is 4. The van der Waals surface area contributed by atoms with Gasteiger partial charge in [-0.3, -0.25) is 9.78 Å². The topological polar surface area (TPSA) is 77.2 Å². The van der Waals surface area contributed by atoms with Crippen molar-refractivity contribution in [3.63, 3.8) is 0 Å². The minimum absolute atomic E-state index is 0.0141. The molecule has 0 aliphatic heterocycles. The van der Waals surface area contributed by atoms with Gasteiger partial charge in [0.1, 0.15) is 5.75 Å². The number of aromatic nitrogens is 1. The first-order valence-electron chi connectivity index (χ1n) is 6.38. The number of benzene rings is 1. The molecule has 1 aromatic carbocycles. The van der Waals surface area contributed by atoms with Crippen molar-refractivity contribution in [3.05, 3.63) is 54.4 Å². The van der Waals surface area contributed by atoms with Crippen molar-refractivity contribution in [2.45, 2.75) is 6.42 Å². The molecule has 0 saturated heterocycles. The summed E-state index contributed by atoms with van der Waals surface area (Å²) in [5, 5.41) is 2.80. The fraction of sp³-hybridized carbons (Fsp3) is 0.200. The van der Waals surface area contributed by atoms with Crippen LogP contribution in [0.3, 0.4) is 0 Å². The molecule has 5 heteroatoms. The maximum atomic E-state index is 11.6. The Balaban J connectivity index is 1.68. The molecule has 0 aliphatic carbocycles. The highest BCUT2D eigenvalue weighted by molar-refractivity contribution is 5.77. The lowest BCUT2D eigenvalue weighted by Gasteiger charge is -2.08. The summed E-state index contributed by atoms with van der Waals surface area (Å²) in [7, 11) is 0. The van der Waals surface area contributed by atoms with Gasteiger partial charge in [0, 0.05) is 30.7 Å². The number of nitrogen functional groups attached to an aromatic ring is 1. The predicted octanol–water partition coefficient (Wildman–Crippen LogP) is 1.40. The van der Waals surface area contributed by atoms with Gasteiger partial charge in [-0.1, -0.05) is 6.07 Å². The van der Waals surface area contributed by atoms with Gasteiger partial charge in [0.2, 0.25) is 0 Å². The Hall–Kier alpha value is -2.56. The number of hydrogen-bond donors (Lipinski definition) is 2. The molecule has 3 N–H and O–H groups in total. The summed E-state index contributed by atoms with van der Waals surface area (Å²) in [5.74, 6) is 0.441. The fourth-order valence-corrected chi connectivity index (χ4v) is 1.70. The van der Waals surface area contributed by atoms with E-state index in [4.69, 9.17) is 10.5 Å². The summed E-state index contributed by atoms with van der Waals surface area (Å²) in [4.78, 5) is 15.6. The molecule has 0 fully saturated rings. The number of amides is 1. The van der Waals surface area contributed by atoms with Crippen LogP contribution in [0.4, 0.5) is 5.69 Å². The number of rotatable bonds is 6. The number of carbonyl (C=O) groups is 1. The third-order valence-corrected chi connectivity index (χ3v) is 2.71. The molecule has 1 heterocycles. The van der Waals surface area contributed by atoms with Gasteiger partial charge in [-0.25, -0.2) is 0 Å². The minimum atomic E-state index is -0.151. The summed E-state index contributed by atoms with van der Waals surface area (Å²) in [5.41, 5.74) is 7.37. The zero-order chi connectivity index (χ0) is 14.2. The van der Waals surface area contributed by atoms with E-state index in [0.29, 0.717) is 18.0 Å². The molecule has 0 atom stereocenters. The zero-order valence-corrected chi connectivity index (χ0v) is 11.1. The smallest absolute Gasteiger partial charge is 0.257 e. The van der Waals surface area contributed by atoms with E-state index in [-0.39, 0.29) is 12.5 Å². The third-order valence-electron chi connectivity index (χ3n) is 2.71. The SMILES string of the molecule is Nc1cccc(OCC(=O)NCCc2ccncc2)c1. The Bertz CT molecular complexity index is 558. The number of anilines is 1. The molecule has 104 valence electrons. The van der Waals surface area contributed by atoms with Crippen LogP contribution in [0, 0.1) is 0 Å². The van der Waals surface area contributed by atoms with Crippen LogP contribution in [-0.4, -0.2) is 24.0 Å². The van der Waals surface area contributed by atoms with Crippen LogP contribution >= 0.6 is 0 Å². The highest BCUT2D eigenvalue weighted by atomic mass is 16.5. The number of nitrogens with zero attached hydrogens (tertiary/aromatic N) is 1. The van der Waals surface area contributed by atoms with Crippen molar-refractivity contribution < 1.29 is 9.53 Å². The van der Waals surface area contributed by atoms with Gasteiger partial charge < -0.3 is 15.8 Å². The fourth-order valence-electron chi connectivity index (χ4n) is 1.70. The van der Waals surface area contributed by atoms with E-state index in [0.717, 1.165) is 12.0 Å². The van der Waals surface area contributed by atoms with Gasteiger partial charge in [0.05, 0.1) is 0 Å². The first-order valence-corrected chi connectivity index (χ1v) is 6.38. The molecule has 1 amide bonds. The average Bonchev–Trinajstić information content (AvgIpc) is 2.46. The second kappa shape index (κ2) is 7.13. The van der Waals surface area contributed by atoms with Crippen molar-refractivity contribution in [2.75, 3.05) is 18.9 Å². The Labute approximate surface area is 117 Å². The number of ether oxygens (including phenoxy) is 1. The van der Waals surface area contributed by atoms with Crippen molar-refractivity contribution in [1.82, 2.24) is 10.3 Å². The predicted molar refractivity (Wildman–Crippen MR) is 77.3 cm³/mol. The highest BCUT2D eigenvalue weighted by Gasteiger charge is 2.02. The van der Waals surface area contributed by atoms with E-state index in [1.807, 2.05) is 12.1 Å². The minimum Gasteiger partial charge on any atom is -0.484 e. The average molecular weight is 271 g/mol. The molecule has 0 saturated carbocycles. The number of nitrogens with one attached hydrogen (secondary N) is 1. The van der Waals surface area contributed by atoms with Crippen LogP contribution in [-0.2, 0) is 11.2 Å². The largest absolute Gasteiger partial charge is 0.484 e. The molecule has 2 aromatic rings. The lowest BCUT2D eigenvalue weighted by molar-refractivity contribution is -0.123. The van der Waals surface area contributed by atoms with E-state index in [2.05, 4.69) is 10.3 Å². The maximum Gasteiger partial charge on any atom is 0.257 e. The van der Waals surface area contributed by atoms with Gasteiger partial charge in [-0.15, -0.1) is 0 Å². The van der Waals surface area contributed by atoms with Crippen molar-refractivity contribution in [1.29, 1.82) is 0 Å². The highest BCUT2D eigenvalue weighted by Crippen LogP contribution is 2.13. The van der Waals surface area contributed by atoms with Crippen LogP contribution in [0.5, 0.6) is 5.75 Å². The second-order valence-corrected chi connectivity index (χ2v) is 4.32. The van der Waals surface area contributed by atoms with E-state index in [1.165, 1.54) is 0 Å². The molecular weight excluding hydrogens is 254 g/mol. The molecule has 0 spiro atoms. The molecule has 0 bridgehead atoms. The van der Waals surface area contributed by atoms with Gasteiger partial charge >= 0.3 is 0 Å². The summed E-state index contributed by atoms with van der Waals surface area (Å²) in [6.45, 7) is 0.558. The Morgan fingerprint density at radius 1 is 1.25 bits per heavy atom. The van der Waals surface area contributed by atoms with Gasteiger partial charge in [-0.05, 0) is 36.2 Å². The maximum absolute atomic E-state index is 11.6. The summed E-state index contributed by atoms with van der Waals surface area (Å²) < 4.78 is 5.35. The molecular formula is C15H17N3O2. The summed E-state index contributed by atoms with van der Waals surface area (Å²) in [6, 6.07) is 10.9. The van der Waals surface area contributed by atoms with Crippen molar-refractivity contribution >= 4 is 11.6 Å². The molecule has 0 unspecified atom stereocenters. The van der Waals surface area contributed by atoms with E-state index >= 15 is 0 Å². The number of carbonyl (C=O) groups excluding carboxylic acids is 1. The van der Waals surface area contributed by atoms with Crippen LogP contribution < -0.4 is 15.8 Å². The number of nitrogens with two attached hydrogens (primary N) is 1. The second-order valence-electron chi connectivity index (χ2n) is 4.32. The first kappa shape index (κ1) is 13.9. The Morgan fingerprint density at radius 2 is 2.05 bits per heavy atom.